The summed E-state index contributed by atoms with van der Waals surface area (Å²) in [7, 11) is 0. The summed E-state index contributed by atoms with van der Waals surface area (Å²) >= 11 is 4.82. The van der Waals surface area contributed by atoms with Gasteiger partial charge < -0.3 is 10.5 Å². The summed E-state index contributed by atoms with van der Waals surface area (Å²) in [5.41, 5.74) is 6.86. The highest BCUT2D eigenvalue weighted by atomic mass is 32.1. The Morgan fingerprint density at radius 3 is 2.76 bits per heavy atom. The predicted octanol–water partition coefficient (Wildman–Crippen LogP) is 1.61. The minimum Gasteiger partial charge on any atom is -0.423 e. The average Bonchev–Trinajstić information content (AvgIpc) is 2.32. The molecule has 0 fully saturated rings. The number of hydrogen-bond acceptors (Lipinski definition) is 5. The first kappa shape index (κ1) is 11.4. The zero-order valence-corrected chi connectivity index (χ0v) is 9.94. The van der Waals surface area contributed by atoms with Gasteiger partial charge in [-0.1, -0.05) is 12.2 Å². The van der Waals surface area contributed by atoms with Gasteiger partial charge in [-0.2, -0.15) is 4.98 Å². The van der Waals surface area contributed by atoms with Gasteiger partial charge in [0.1, 0.15) is 16.4 Å². The minimum atomic E-state index is 0.195. The van der Waals surface area contributed by atoms with Gasteiger partial charge >= 0.3 is 6.01 Å². The van der Waals surface area contributed by atoms with Crippen LogP contribution in [0.5, 0.6) is 11.8 Å². The van der Waals surface area contributed by atoms with Crippen LogP contribution in [0.15, 0.2) is 30.6 Å². The Morgan fingerprint density at radius 2 is 2.12 bits per heavy atom. The van der Waals surface area contributed by atoms with Gasteiger partial charge in [0.2, 0.25) is 0 Å². The molecule has 0 spiro atoms. The molecule has 5 nitrogen and oxygen atoms in total. The molecule has 0 radical (unpaired) electrons. The van der Waals surface area contributed by atoms with Crippen molar-refractivity contribution in [2.24, 2.45) is 5.73 Å². The van der Waals surface area contributed by atoms with Crippen LogP contribution < -0.4 is 10.5 Å². The molecule has 2 rings (SSSR count). The predicted molar refractivity (Wildman–Crippen MR) is 67.0 cm³/mol. The second-order valence-corrected chi connectivity index (χ2v) is 3.77. The van der Waals surface area contributed by atoms with Crippen LogP contribution in [0.2, 0.25) is 0 Å². The first-order valence-electron chi connectivity index (χ1n) is 4.88. The van der Waals surface area contributed by atoms with E-state index in [1.165, 1.54) is 0 Å². The third-order valence-electron chi connectivity index (χ3n) is 1.98. The molecule has 0 saturated carbocycles. The molecule has 0 aliphatic heterocycles. The Balaban J connectivity index is 2.21. The Labute approximate surface area is 104 Å². The Morgan fingerprint density at radius 1 is 1.29 bits per heavy atom. The van der Waals surface area contributed by atoms with E-state index in [9.17, 15) is 0 Å². The van der Waals surface area contributed by atoms with E-state index in [-0.39, 0.29) is 11.0 Å². The number of pyridine rings is 1. The smallest absolute Gasteiger partial charge is 0.322 e. The summed E-state index contributed by atoms with van der Waals surface area (Å²) in [6.45, 7) is 1.90. The van der Waals surface area contributed by atoms with Crippen LogP contribution in [0.1, 0.15) is 11.4 Å². The molecule has 2 heterocycles. The standard InChI is InChI=1S/C11H10N4OS/c1-7-2-3-8(6-14-7)16-11-13-5-4-9(15-11)10(12)17/h2-6H,1H3,(H2,12,17). The third kappa shape index (κ3) is 2.94. The van der Waals surface area contributed by atoms with Crippen molar-refractivity contribution in [1.29, 1.82) is 0 Å². The van der Waals surface area contributed by atoms with Crippen LogP contribution in [-0.4, -0.2) is 19.9 Å². The maximum absolute atomic E-state index is 5.47. The van der Waals surface area contributed by atoms with E-state index in [0.29, 0.717) is 11.4 Å². The number of aromatic nitrogens is 3. The van der Waals surface area contributed by atoms with Crippen LogP contribution in [-0.2, 0) is 0 Å². The Hall–Kier alpha value is -2.08. The van der Waals surface area contributed by atoms with Crippen molar-refractivity contribution in [2.75, 3.05) is 0 Å². The van der Waals surface area contributed by atoms with Gasteiger partial charge in [0.25, 0.3) is 0 Å². The molecule has 17 heavy (non-hydrogen) atoms. The normalized spacial score (nSPS) is 9.94. The zero-order chi connectivity index (χ0) is 12.3. The second kappa shape index (κ2) is 4.84. The van der Waals surface area contributed by atoms with Crippen LogP contribution >= 0.6 is 12.2 Å². The quantitative estimate of drug-likeness (QED) is 0.829. The van der Waals surface area contributed by atoms with E-state index < -0.39 is 0 Å². The number of ether oxygens (including phenoxy) is 1. The molecular formula is C11H10N4OS. The van der Waals surface area contributed by atoms with Crippen molar-refractivity contribution in [1.82, 2.24) is 15.0 Å². The molecule has 0 amide bonds. The molecule has 2 aromatic heterocycles. The lowest BCUT2D eigenvalue weighted by Gasteiger charge is -2.04. The number of hydrogen-bond donors (Lipinski definition) is 1. The molecule has 6 heteroatoms. The molecule has 2 aromatic rings. The summed E-state index contributed by atoms with van der Waals surface area (Å²) in [5, 5.41) is 0. The largest absolute Gasteiger partial charge is 0.423 e. The lowest BCUT2D eigenvalue weighted by atomic mass is 10.4. The van der Waals surface area contributed by atoms with Crippen molar-refractivity contribution in [3.63, 3.8) is 0 Å². The van der Waals surface area contributed by atoms with E-state index in [4.69, 9.17) is 22.7 Å². The highest BCUT2D eigenvalue weighted by molar-refractivity contribution is 7.80. The molecule has 86 valence electrons. The molecule has 0 unspecified atom stereocenters. The van der Waals surface area contributed by atoms with Crippen molar-refractivity contribution < 1.29 is 4.74 Å². The second-order valence-electron chi connectivity index (χ2n) is 3.33. The van der Waals surface area contributed by atoms with Crippen LogP contribution in [0, 0.1) is 6.92 Å². The summed E-state index contributed by atoms with van der Waals surface area (Å²) in [4.78, 5) is 12.3. The van der Waals surface area contributed by atoms with E-state index in [0.717, 1.165) is 5.69 Å². The molecule has 2 N–H and O–H groups in total. The average molecular weight is 246 g/mol. The first-order chi connectivity index (χ1) is 8.15. The van der Waals surface area contributed by atoms with Crippen molar-refractivity contribution in [3.05, 3.63) is 42.0 Å². The lowest BCUT2D eigenvalue weighted by Crippen LogP contribution is -2.12. The molecular weight excluding hydrogens is 236 g/mol. The molecule has 0 aliphatic carbocycles. The number of rotatable bonds is 3. The minimum absolute atomic E-state index is 0.195. The SMILES string of the molecule is Cc1ccc(Oc2nccc(C(N)=S)n2)cn1. The summed E-state index contributed by atoms with van der Waals surface area (Å²) < 4.78 is 5.42. The Kier molecular flexibility index (Phi) is 3.24. The fraction of sp³-hybridized carbons (Fsp3) is 0.0909. The summed E-state index contributed by atoms with van der Waals surface area (Å²) in [6, 6.07) is 5.45. The van der Waals surface area contributed by atoms with E-state index >= 15 is 0 Å². The summed E-state index contributed by atoms with van der Waals surface area (Å²) in [5.74, 6) is 0.565. The van der Waals surface area contributed by atoms with Gasteiger partial charge in [-0.05, 0) is 25.1 Å². The topological polar surface area (TPSA) is 73.9 Å². The van der Waals surface area contributed by atoms with Gasteiger partial charge in [-0.25, -0.2) is 4.98 Å². The van der Waals surface area contributed by atoms with Crippen LogP contribution in [0.4, 0.5) is 0 Å². The zero-order valence-electron chi connectivity index (χ0n) is 9.12. The van der Waals surface area contributed by atoms with E-state index in [2.05, 4.69) is 15.0 Å². The van der Waals surface area contributed by atoms with E-state index in [1.54, 1.807) is 24.5 Å². The molecule has 0 aliphatic rings. The highest BCUT2D eigenvalue weighted by Crippen LogP contribution is 2.16. The van der Waals surface area contributed by atoms with Gasteiger partial charge in [0, 0.05) is 11.9 Å². The maximum atomic E-state index is 5.47. The van der Waals surface area contributed by atoms with Crippen molar-refractivity contribution in [2.45, 2.75) is 6.92 Å². The third-order valence-corrected chi connectivity index (χ3v) is 2.19. The van der Waals surface area contributed by atoms with Crippen molar-refractivity contribution >= 4 is 17.2 Å². The number of nitrogens with zero attached hydrogens (tertiary/aromatic N) is 3. The van der Waals surface area contributed by atoms with Crippen molar-refractivity contribution in [3.8, 4) is 11.8 Å². The van der Waals surface area contributed by atoms with Gasteiger partial charge in [-0.3, -0.25) is 4.98 Å². The summed E-state index contributed by atoms with van der Waals surface area (Å²) in [6.07, 6.45) is 3.14. The van der Waals surface area contributed by atoms with Crippen LogP contribution in [0.3, 0.4) is 0 Å². The number of aryl methyl sites for hydroxylation is 1. The van der Waals surface area contributed by atoms with Gasteiger partial charge in [0.05, 0.1) is 6.20 Å². The molecule has 0 aromatic carbocycles. The first-order valence-corrected chi connectivity index (χ1v) is 5.29. The van der Waals surface area contributed by atoms with E-state index in [1.807, 2.05) is 13.0 Å². The molecule has 0 bridgehead atoms. The monoisotopic (exact) mass is 246 g/mol. The fourth-order valence-electron chi connectivity index (χ4n) is 1.15. The Bertz CT molecular complexity index is 541. The van der Waals surface area contributed by atoms with Crippen LogP contribution in [0.25, 0.3) is 0 Å². The lowest BCUT2D eigenvalue weighted by molar-refractivity contribution is 0.439. The molecule has 0 saturated heterocycles. The fourth-order valence-corrected chi connectivity index (χ4v) is 1.26. The van der Waals surface area contributed by atoms with Gasteiger partial charge in [-0.15, -0.1) is 0 Å². The number of thiocarbonyl (C=S) groups is 1. The highest BCUT2D eigenvalue weighted by Gasteiger charge is 2.04. The number of nitrogens with two attached hydrogens (primary N) is 1. The van der Waals surface area contributed by atoms with Gasteiger partial charge in [0.15, 0.2) is 0 Å². The molecule has 0 atom stereocenters. The maximum Gasteiger partial charge on any atom is 0.322 e.